The van der Waals surface area contributed by atoms with Crippen molar-refractivity contribution in [3.05, 3.63) is 29.3 Å². The van der Waals surface area contributed by atoms with Crippen molar-refractivity contribution in [2.24, 2.45) is 0 Å². The number of amides is 1. The molecule has 1 saturated heterocycles. The molecule has 3 rings (SSSR count). The number of halogens is 1. The Morgan fingerprint density at radius 2 is 2.00 bits per heavy atom. The maximum Gasteiger partial charge on any atom is 0.234 e. The first kappa shape index (κ1) is 20.5. The molecule has 0 unspecified atom stereocenters. The van der Waals surface area contributed by atoms with Crippen molar-refractivity contribution in [3.63, 3.8) is 0 Å². The minimum absolute atomic E-state index is 0.145. The van der Waals surface area contributed by atoms with Crippen LogP contribution in [0.15, 0.2) is 29.4 Å². The van der Waals surface area contributed by atoms with Gasteiger partial charge >= 0.3 is 0 Å². The second-order valence-electron chi connectivity index (χ2n) is 7.18. The van der Waals surface area contributed by atoms with Crippen LogP contribution < -0.4 is 4.90 Å². The third-order valence-corrected chi connectivity index (χ3v) is 6.14. The van der Waals surface area contributed by atoms with Gasteiger partial charge in [0.1, 0.15) is 5.54 Å². The van der Waals surface area contributed by atoms with E-state index in [-0.39, 0.29) is 11.7 Å². The summed E-state index contributed by atoms with van der Waals surface area (Å²) in [5, 5.41) is 19.2. The molecule has 2 heterocycles. The van der Waals surface area contributed by atoms with Crippen LogP contribution in [0.3, 0.4) is 0 Å². The molecular weight excluding hydrogens is 396 g/mol. The molecule has 1 amide bonds. The number of nitrogens with zero attached hydrogens (tertiary/aromatic N) is 6. The summed E-state index contributed by atoms with van der Waals surface area (Å²) in [7, 11) is 1.64. The molecule has 1 aromatic heterocycles. The Kier molecular flexibility index (Phi) is 6.16. The minimum Gasteiger partial charge on any atom is -0.341 e. The number of nitriles is 1. The van der Waals surface area contributed by atoms with Crippen LogP contribution in [0.1, 0.15) is 26.7 Å². The van der Waals surface area contributed by atoms with Crippen LogP contribution in [0.25, 0.3) is 5.69 Å². The van der Waals surface area contributed by atoms with Gasteiger partial charge < -0.3 is 9.80 Å². The fraction of sp³-hybridized carbons (Fsp3) is 0.474. The van der Waals surface area contributed by atoms with Gasteiger partial charge in [0.15, 0.2) is 5.16 Å². The van der Waals surface area contributed by atoms with Gasteiger partial charge in [0.2, 0.25) is 11.9 Å². The second-order valence-corrected chi connectivity index (χ2v) is 8.53. The minimum atomic E-state index is -0.866. The molecule has 0 spiro atoms. The molecule has 0 saturated carbocycles. The summed E-state index contributed by atoms with van der Waals surface area (Å²) in [6.07, 6.45) is 2.23. The van der Waals surface area contributed by atoms with E-state index in [4.69, 9.17) is 11.6 Å². The smallest absolute Gasteiger partial charge is 0.234 e. The van der Waals surface area contributed by atoms with Crippen LogP contribution in [0.5, 0.6) is 0 Å². The molecule has 9 heteroatoms. The lowest BCUT2D eigenvalue weighted by molar-refractivity contribution is -0.130. The molecule has 1 aliphatic rings. The van der Waals surface area contributed by atoms with Crippen molar-refractivity contribution in [1.29, 1.82) is 5.26 Å². The van der Waals surface area contributed by atoms with Gasteiger partial charge in [-0.15, -0.1) is 10.2 Å². The summed E-state index contributed by atoms with van der Waals surface area (Å²) < 4.78 is 1.92. The number of para-hydroxylation sites is 1. The quantitative estimate of drug-likeness (QED) is 0.669. The van der Waals surface area contributed by atoms with Crippen molar-refractivity contribution in [1.82, 2.24) is 19.7 Å². The van der Waals surface area contributed by atoms with Crippen molar-refractivity contribution in [2.75, 3.05) is 30.8 Å². The number of carbonyl (C=O) groups excluding carboxylic acids is 1. The largest absolute Gasteiger partial charge is 0.341 e. The zero-order chi connectivity index (χ0) is 20.3. The first-order chi connectivity index (χ1) is 13.3. The van der Waals surface area contributed by atoms with Crippen molar-refractivity contribution in [2.45, 2.75) is 37.4 Å². The molecule has 148 valence electrons. The summed E-state index contributed by atoms with van der Waals surface area (Å²) in [4.78, 5) is 16.2. The lowest BCUT2D eigenvalue weighted by Crippen LogP contribution is -2.44. The average Bonchev–Trinajstić information content (AvgIpc) is 3.35. The van der Waals surface area contributed by atoms with Crippen LogP contribution in [0.2, 0.25) is 5.02 Å². The molecule has 1 fully saturated rings. The monoisotopic (exact) mass is 418 g/mol. The molecule has 0 atom stereocenters. The number of hydrogen-bond donors (Lipinski definition) is 0. The van der Waals surface area contributed by atoms with E-state index in [2.05, 4.69) is 21.2 Å². The van der Waals surface area contributed by atoms with Gasteiger partial charge in [0.25, 0.3) is 0 Å². The predicted octanol–water partition coefficient (Wildman–Crippen LogP) is 3.37. The maximum atomic E-state index is 12.6. The van der Waals surface area contributed by atoms with Crippen LogP contribution in [-0.2, 0) is 4.79 Å². The second kappa shape index (κ2) is 8.41. The van der Waals surface area contributed by atoms with E-state index in [1.165, 1.54) is 16.7 Å². The molecule has 0 bridgehead atoms. The molecule has 0 radical (unpaired) electrons. The number of thioether (sulfide) groups is 1. The summed E-state index contributed by atoms with van der Waals surface area (Å²) in [5.41, 5.74) is -0.0777. The van der Waals surface area contributed by atoms with E-state index < -0.39 is 5.54 Å². The Morgan fingerprint density at radius 3 is 2.64 bits per heavy atom. The van der Waals surface area contributed by atoms with E-state index in [0.717, 1.165) is 37.6 Å². The topological polar surface area (TPSA) is 78.1 Å². The Morgan fingerprint density at radius 1 is 1.32 bits per heavy atom. The fourth-order valence-electron chi connectivity index (χ4n) is 2.93. The summed E-state index contributed by atoms with van der Waals surface area (Å²) >= 11 is 7.74. The number of aromatic nitrogens is 3. The van der Waals surface area contributed by atoms with Crippen LogP contribution in [-0.4, -0.2) is 57.0 Å². The molecule has 0 N–H and O–H groups in total. The summed E-state index contributed by atoms with van der Waals surface area (Å²) in [5.74, 6) is 0.753. The molecular formula is C19H23ClN6OS. The SMILES string of the molecule is CN(C(=O)CSc1nnc(N2CCCC2)n1-c1ccccc1Cl)C(C)(C)C#N. The van der Waals surface area contributed by atoms with Crippen molar-refractivity contribution in [3.8, 4) is 11.8 Å². The lowest BCUT2D eigenvalue weighted by atomic mass is 10.1. The Bertz CT molecular complexity index is 900. The van der Waals surface area contributed by atoms with Gasteiger partial charge in [-0.25, -0.2) is 0 Å². The van der Waals surface area contributed by atoms with Crippen molar-refractivity contribution >= 4 is 35.2 Å². The van der Waals surface area contributed by atoms with Gasteiger partial charge in [-0.2, -0.15) is 5.26 Å². The number of anilines is 1. The van der Waals surface area contributed by atoms with Crippen LogP contribution in [0, 0.1) is 11.3 Å². The van der Waals surface area contributed by atoms with Gasteiger partial charge in [-0.3, -0.25) is 9.36 Å². The number of rotatable bonds is 6. The molecule has 1 aliphatic heterocycles. The van der Waals surface area contributed by atoms with Gasteiger partial charge in [-0.05, 0) is 38.8 Å². The van der Waals surface area contributed by atoms with E-state index in [1.54, 1.807) is 20.9 Å². The highest BCUT2D eigenvalue weighted by atomic mass is 35.5. The number of benzene rings is 1. The fourth-order valence-corrected chi connectivity index (χ4v) is 4.01. The first-order valence-electron chi connectivity index (χ1n) is 9.11. The van der Waals surface area contributed by atoms with Crippen molar-refractivity contribution < 1.29 is 4.79 Å². The van der Waals surface area contributed by atoms with E-state index >= 15 is 0 Å². The average molecular weight is 419 g/mol. The van der Waals surface area contributed by atoms with Crippen LogP contribution in [0.4, 0.5) is 5.95 Å². The Labute approximate surface area is 174 Å². The zero-order valence-electron chi connectivity index (χ0n) is 16.2. The Balaban J connectivity index is 1.89. The van der Waals surface area contributed by atoms with E-state index in [9.17, 15) is 10.1 Å². The third kappa shape index (κ3) is 4.10. The number of carbonyl (C=O) groups is 1. The van der Waals surface area contributed by atoms with E-state index in [0.29, 0.717) is 10.2 Å². The molecule has 7 nitrogen and oxygen atoms in total. The maximum absolute atomic E-state index is 12.6. The lowest BCUT2D eigenvalue weighted by Gasteiger charge is -2.29. The highest BCUT2D eigenvalue weighted by Crippen LogP contribution is 2.32. The molecule has 1 aromatic carbocycles. The molecule has 0 aliphatic carbocycles. The normalized spacial score (nSPS) is 14.2. The summed E-state index contributed by atoms with van der Waals surface area (Å²) in [6.45, 7) is 5.27. The van der Waals surface area contributed by atoms with Crippen LogP contribution >= 0.6 is 23.4 Å². The first-order valence-corrected chi connectivity index (χ1v) is 10.5. The van der Waals surface area contributed by atoms with Gasteiger partial charge in [0.05, 0.1) is 22.5 Å². The standard InChI is InChI=1S/C19H23ClN6OS/c1-19(2,13-21)24(3)16(27)12-28-18-23-22-17(25-10-6-7-11-25)26(18)15-9-5-4-8-14(15)20/h4-5,8-9H,6-7,10-12H2,1-3H3. The summed E-state index contributed by atoms with van der Waals surface area (Å²) in [6, 6.07) is 9.68. The highest BCUT2D eigenvalue weighted by Gasteiger charge is 2.28. The zero-order valence-corrected chi connectivity index (χ0v) is 17.8. The van der Waals surface area contributed by atoms with Gasteiger partial charge in [-0.1, -0.05) is 35.5 Å². The van der Waals surface area contributed by atoms with Gasteiger partial charge in [0, 0.05) is 20.1 Å². The predicted molar refractivity (Wildman–Crippen MR) is 111 cm³/mol. The molecule has 2 aromatic rings. The molecule has 28 heavy (non-hydrogen) atoms. The Hall–Kier alpha value is -2.24. The highest BCUT2D eigenvalue weighted by molar-refractivity contribution is 7.99. The number of hydrogen-bond acceptors (Lipinski definition) is 6. The third-order valence-electron chi connectivity index (χ3n) is 4.91. The van der Waals surface area contributed by atoms with E-state index in [1.807, 2.05) is 28.8 Å².